The molecule has 2 N–H and O–H groups in total. The Kier molecular flexibility index (Phi) is 3.71. The Labute approximate surface area is 113 Å². The van der Waals surface area contributed by atoms with Crippen molar-refractivity contribution in [3.05, 3.63) is 35.9 Å². The summed E-state index contributed by atoms with van der Waals surface area (Å²) in [5.41, 5.74) is 6.03. The average Bonchev–Trinajstić information content (AvgIpc) is 2.38. The number of carbonyl (C=O) groups excluding carboxylic acids is 2. The van der Waals surface area contributed by atoms with Crippen molar-refractivity contribution in [2.75, 3.05) is 6.54 Å². The highest BCUT2D eigenvalue weighted by Crippen LogP contribution is 2.32. The highest BCUT2D eigenvalue weighted by atomic mass is 16.2. The van der Waals surface area contributed by atoms with Gasteiger partial charge < -0.3 is 5.73 Å². The molecule has 1 aromatic rings. The molecule has 1 fully saturated rings. The van der Waals surface area contributed by atoms with E-state index >= 15 is 0 Å². The second-order valence-corrected chi connectivity index (χ2v) is 5.48. The highest BCUT2D eigenvalue weighted by Gasteiger charge is 2.43. The number of hydrogen-bond donors (Lipinski definition) is 1. The minimum absolute atomic E-state index is 0.119. The number of nitrogens with zero attached hydrogens (tertiary/aromatic N) is 1. The summed E-state index contributed by atoms with van der Waals surface area (Å²) >= 11 is 0. The summed E-state index contributed by atoms with van der Waals surface area (Å²) in [4.78, 5) is 25.9. The molecule has 1 saturated heterocycles. The van der Waals surface area contributed by atoms with Crippen LogP contribution in [0.1, 0.15) is 32.3 Å². The second-order valence-electron chi connectivity index (χ2n) is 5.48. The number of likely N-dealkylation sites (tertiary alicyclic amines) is 1. The molecule has 0 aromatic heterocycles. The number of benzene rings is 1. The van der Waals surface area contributed by atoms with E-state index in [4.69, 9.17) is 5.73 Å². The van der Waals surface area contributed by atoms with Gasteiger partial charge in [-0.3, -0.25) is 14.5 Å². The first-order chi connectivity index (χ1) is 8.99. The fourth-order valence-corrected chi connectivity index (χ4v) is 2.68. The molecular formula is C15H20N2O2. The number of hydrogen-bond acceptors (Lipinski definition) is 3. The van der Waals surface area contributed by atoms with E-state index in [0.29, 0.717) is 12.8 Å². The van der Waals surface area contributed by atoms with Crippen LogP contribution < -0.4 is 5.73 Å². The van der Waals surface area contributed by atoms with Crippen molar-refractivity contribution in [1.29, 1.82) is 0 Å². The zero-order valence-corrected chi connectivity index (χ0v) is 11.4. The van der Waals surface area contributed by atoms with Crippen LogP contribution in [0.25, 0.3) is 0 Å². The van der Waals surface area contributed by atoms with Gasteiger partial charge in [0, 0.05) is 19.4 Å². The minimum atomic E-state index is -0.754. The maximum absolute atomic E-state index is 12.2. The van der Waals surface area contributed by atoms with Crippen LogP contribution in [0, 0.1) is 5.92 Å². The van der Waals surface area contributed by atoms with Crippen molar-refractivity contribution < 1.29 is 9.59 Å². The zero-order chi connectivity index (χ0) is 14.0. The lowest BCUT2D eigenvalue weighted by molar-refractivity contribution is -0.157. The van der Waals surface area contributed by atoms with Gasteiger partial charge >= 0.3 is 0 Å². The lowest BCUT2D eigenvalue weighted by Gasteiger charge is -2.42. The smallest absolute Gasteiger partial charge is 0.230 e. The van der Waals surface area contributed by atoms with Crippen molar-refractivity contribution in [1.82, 2.24) is 4.90 Å². The predicted molar refractivity (Wildman–Crippen MR) is 73.1 cm³/mol. The number of imide groups is 1. The van der Waals surface area contributed by atoms with Crippen LogP contribution in [0.5, 0.6) is 0 Å². The van der Waals surface area contributed by atoms with E-state index in [1.165, 1.54) is 4.90 Å². The Balaban J connectivity index is 2.41. The molecule has 1 aromatic carbocycles. The fourth-order valence-electron chi connectivity index (χ4n) is 2.68. The molecule has 1 atom stereocenters. The Morgan fingerprint density at radius 1 is 1.21 bits per heavy atom. The third-order valence-electron chi connectivity index (χ3n) is 3.83. The van der Waals surface area contributed by atoms with Crippen molar-refractivity contribution in [2.24, 2.45) is 11.7 Å². The number of nitrogens with two attached hydrogens (primary N) is 1. The summed E-state index contributed by atoms with van der Waals surface area (Å²) in [7, 11) is 0. The van der Waals surface area contributed by atoms with Gasteiger partial charge in [0.05, 0.1) is 5.54 Å². The molecule has 1 aliphatic rings. The Hall–Kier alpha value is -1.68. The van der Waals surface area contributed by atoms with Gasteiger partial charge in [0.1, 0.15) is 0 Å². The van der Waals surface area contributed by atoms with Crippen LogP contribution in [0.3, 0.4) is 0 Å². The molecule has 2 amide bonds. The first-order valence-corrected chi connectivity index (χ1v) is 6.60. The van der Waals surface area contributed by atoms with Gasteiger partial charge in [0.25, 0.3) is 0 Å². The van der Waals surface area contributed by atoms with Crippen LogP contribution in [0.15, 0.2) is 30.3 Å². The first-order valence-electron chi connectivity index (χ1n) is 6.60. The molecule has 102 valence electrons. The monoisotopic (exact) mass is 260 g/mol. The summed E-state index contributed by atoms with van der Waals surface area (Å²) in [5, 5.41) is 0. The van der Waals surface area contributed by atoms with Crippen molar-refractivity contribution in [2.45, 2.75) is 32.2 Å². The van der Waals surface area contributed by atoms with E-state index in [-0.39, 0.29) is 24.3 Å². The van der Waals surface area contributed by atoms with Crippen LogP contribution >= 0.6 is 0 Å². The van der Waals surface area contributed by atoms with Crippen molar-refractivity contribution in [3.63, 3.8) is 0 Å². The molecule has 0 bridgehead atoms. The molecule has 4 heteroatoms. The van der Waals surface area contributed by atoms with Gasteiger partial charge in [0.2, 0.25) is 11.8 Å². The SMILES string of the molecule is CC1CC(=O)N(C(C)(CN)c2ccccc2)C(=O)C1. The van der Waals surface area contributed by atoms with Crippen LogP contribution in [-0.4, -0.2) is 23.3 Å². The van der Waals surface area contributed by atoms with E-state index in [1.807, 2.05) is 44.2 Å². The van der Waals surface area contributed by atoms with Gasteiger partial charge in [0.15, 0.2) is 0 Å². The van der Waals surface area contributed by atoms with E-state index < -0.39 is 5.54 Å². The Morgan fingerprint density at radius 3 is 2.21 bits per heavy atom. The molecule has 19 heavy (non-hydrogen) atoms. The highest BCUT2D eigenvalue weighted by molar-refractivity contribution is 5.99. The normalized spacial score (nSPS) is 20.5. The van der Waals surface area contributed by atoms with E-state index in [9.17, 15) is 9.59 Å². The van der Waals surface area contributed by atoms with E-state index in [0.717, 1.165) is 5.56 Å². The third-order valence-corrected chi connectivity index (χ3v) is 3.83. The Bertz CT molecular complexity index is 468. The topological polar surface area (TPSA) is 63.4 Å². The first kappa shape index (κ1) is 13.7. The summed E-state index contributed by atoms with van der Waals surface area (Å²) in [6, 6.07) is 9.51. The van der Waals surface area contributed by atoms with E-state index in [1.54, 1.807) is 0 Å². The average molecular weight is 260 g/mol. The predicted octanol–water partition coefficient (Wildman–Crippen LogP) is 1.65. The maximum Gasteiger partial charge on any atom is 0.230 e. The molecule has 0 spiro atoms. The van der Waals surface area contributed by atoms with Crippen molar-refractivity contribution in [3.8, 4) is 0 Å². The summed E-state index contributed by atoms with van der Waals surface area (Å²) in [5.74, 6) is -0.129. The lowest BCUT2D eigenvalue weighted by Crippen LogP contribution is -2.57. The molecule has 0 aliphatic carbocycles. The second kappa shape index (κ2) is 5.13. The molecule has 4 nitrogen and oxygen atoms in total. The lowest BCUT2D eigenvalue weighted by atomic mass is 9.86. The largest absolute Gasteiger partial charge is 0.328 e. The minimum Gasteiger partial charge on any atom is -0.328 e. The quantitative estimate of drug-likeness (QED) is 0.840. The number of piperidine rings is 1. The molecule has 0 radical (unpaired) electrons. The summed E-state index contributed by atoms with van der Waals surface area (Å²) < 4.78 is 0. The van der Waals surface area contributed by atoms with Gasteiger partial charge in [-0.15, -0.1) is 0 Å². The van der Waals surface area contributed by atoms with Crippen LogP contribution in [-0.2, 0) is 15.1 Å². The molecule has 1 heterocycles. The Morgan fingerprint density at radius 2 is 1.74 bits per heavy atom. The third kappa shape index (κ3) is 2.40. The van der Waals surface area contributed by atoms with Gasteiger partial charge in [-0.25, -0.2) is 0 Å². The maximum atomic E-state index is 12.2. The molecule has 1 aliphatic heterocycles. The molecule has 0 saturated carbocycles. The van der Waals surface area contributed by atoms with Crippen LogP contribution in [0.2, 0.25) is 0 Å². The number of carbonyl (C=O) groups is 2. The molecular weight excluding hydrogens is 240 g/mol. The molecule has 2 rings (SSSR count). The zero-order valence-electron chi connectivity index (χ0n) is 11.4. The number of rotatable bonds is 3. The van der Waals surface area contributed by atoms with Crippen LogP contribution in [0.4, 0.5) is 0 Å². The van der Waals surface area contributed by atoms with Gasteiger partial charge in [-0.2, -0.15) is 0 Å². The summed E-state index contributed by atoms with van der Waals surface area (Å²) in [6.45, 7) is 4.01. The van der Waals surface area contributed by atoms with E-state index in [2.05, 4.69) is 0 Å². The summed E-state index contributed by atoms with van der Waals surface area (Å²) in [6.07, 6.45) is 0.822. The number of amides is 2. The standard InChI is InChI=1S/C15H20N2O2/c1-11-8-13(18)17(14(19)9-11)15(2,10-16)12-6-4-3-5-7-12/h3-7,11H,8-10,16H2,1-2H3. The fraction of sp³-hybridized carbons (Fsp3) is 0.467. The van der Waals surface area contributed by atoms with Gasteiger partial charge in [-0.1, -0.05) is 37.3 Å². The van der Waals surface area contributed by atoms with Crippen molar-refractivity contribution >= 4 is 11.8 Å². The van der Waals surface area contributed by atoms with Gasteiger partial charge in [-0.05, 0) is 18.4 Å². The molecule has 1 unspecified atom stereocenters.